The average Bonchev–Trinajstić information content (AvgIpc) is 2.53. The minimum atomic E-state index is 0.000915. The SMILES string of the molecule is CCCCCCCCCCC(CC)OC(=O)CCCCCBr. The number of hydrogen-bond acceptors (Lipinski definition) is 2. The number of ether oxygens (including phenoxy) is 1. The highest BCUT2D eigenvalue weighted by atomic mass is 79.9. The molecule has 0 amide bonds. The van der Waals surface area contributed by atoms with E-state index in [1.807, 2.05) is 0 Å². The number of carbonyl (C=O) groups excluding carboxylic acids is 1. The molecule has 2 nitrogen and oxygen atoms in total. The molecule has 0 N–H and O–H groups in total. The molecule has 0 radical (unpaired) electrons. The van der Waals surface area contributed by atoms with Crippen LogP contribution in [0.4, 0.5) is 0 Å². The van der Waals surface area contributed by atoms with Crippen molar-refractivity contribution < 1.29 is 9.53 Å². The van der Waals surface area contributed by atoms with Crippen LogP contribution in [0.2, 0.25) is 0 Å². The Labute approximate surface area is 146 Å². The van der Waals surface area contributed by atoms with Crippen LogP contribution in [0.5, 0.6) is 0 Å². The first-order valence-electron chi connectivity index (χ1n) is 9.50. The predicted octanol–water partition coefficient (Wildman–Crippen LogP) is 6.79. The number of unbranched alkanes of at least 4 members (excludes halogenated alkanes) is 9. The third-order valence-corrected chi connectivity index (χ3v) is 4.71. The quantitative estimate of drug-likeness (QED) is 0.168. The van der Waals surface area contributed by atoms with Gasteiger partial charge in [-0.3, -0.25) is 4.79 Å². The van der Waals surface area contributed by atoms with Crippen molar-refractivity contribution in [2.45, 2.75) is 110 Å². The van der Waals surface area contributed by atoms with Gasteiger partial charge in [-0.25, -0.2) is 0 Å². The van der Waals surface area contributed by atoms with E-state index in [-0.39, 0.29) is 12.1 Å². The van der Waals surface area contributed by atoms with Crippen LogP contribution in [0.1, 0.15) is 104 Å². The Hall–Kier alpha value is -0.0500. The standard InChI is InChI=1S/C19H37BrO2/c1-3-5-6-7-8-9-10-12-15-18(4-2)22-19(21)16-13-11-14-17-20/h18H,3-17H2,1-2H3. The van der Waals surface area contributed by atoms with Gasteiger partial charge < -0.3 is 4.74 Å². The van der Waals surface area contributed by atoms with Crippen LogP contribution in [0.3, 0.4) is 0 Å². The molecule has 3 heteroatoms. The smallest absolute Gasteiger partial charge is 0.306 e. The Morgan fingerprint density at radius 1 is 0.864 bits per heavy atom. The molecule has 1 atom stereocenters. The molecule has 0 aromatic carbocycles. The Morgan fingerprint density at radius 3 is 2.05 bits per heavy atom. The van der Waals surface area contributed by atoms with Gasteiger partial charge >= 0.3 is 5.97 Å². The fourth-order valence-electron chi connectivity index (χ4n) is 2.64. The summed E-state index contributed by atoms with van der Waals surface area (Å²) in [5.41, 5.74) is 0. The molecule has 0 rings (SSSR count). The number of alkyl halides is 1. The number of rotatable bonds is 16. The number of carbonyl (C=O) groups is 1. The van der Waals surface area contributed by atoms with Gasteiger partial charge in [-0.15, -0.1) is 0 Å². The highest BCUT2D eigenvalue weighted by Gasteiger charge is 2.11. The lowest BCUT2D eigenvalue weighted by Crippen LogP contribution is -2.17. The van der Waals surface area contributed by atoms with Crippen LogP contribution >= 0.6 is 15.9 Å². The van der Waals surface area contributed by atoms with Crippen molar-refractivity contribution in [3.63, 3.8) is 0 Å². The third-order valence-electron chi connectivity index (χ3n) is 4.15. The first-order chi connectivity index (χ1) is 10.7. The molecule has 22 heavy (non-hydrogen) atoms. The molecule has 0 aliphatic heterocycles. The molecule has 132 valence electrons. The Morgan fingerprint density at radius 2 is 1.45 bits per heavy atom. The van der Waals surface area contributed by atoms with E-state index in [0.717, 1.165) is 37.4 Å². The summed E-state index contributed by atoms with van der Waals surface area (Å²) in [4.78, 5) is 11.8. The monoisotopic (exact) mass is 376 g/mol. The first-order valence-corrected chi connectivity index (χ1v) is 10.6. The van der Waals surface area contributed by atoms with Crippen LogP contribution in [-0.2, 0) is 9.53 Å². The molecule has 0 fully saturated rings. The van der Waals surface area contributed by atoms with Crippen LogP contribution in [0.25, 0.3) is 0 Å². The summed E-state index contributed by atoms with van der Waals surface area (Å²) >= 11 is 3.41. The van der Waals surface area contributed by atoms with Crippen LogP contribution in [-0.4, -0.2) is 17.4 Å². The highest BCUT2D eigenvalue weighted by Crippen LogP contribution is 2.14. The summed E-state index contributed by atoms with van der Waals surface area (Å²) in [6, 6.07) is 0. The van der Waals surface area contributed by atoms with Crippen LogP contribution in [0, 0.1) is 0 Å². The minimum absolute atomic E-state index is 0.000915. The first kappa shape index (κ1) is 21.9. The predicted molar refractivity (Wildman–Crippen MR) is 99.7 cm³/mol. The van der Waals surface area contributed by atoms with E-state index in [4.69, 9.17) is 4.74 Å². The lowest BCUT2D eigenvalue weighted by molar-refractivity contribution is -0.149. The van der Waals surface area contributed by atoms with Crippen molar-refractivity contribution in [2.24, 2.45) is 0 Å². The van der Waals surface area contributed by atoms with Crippen molar-refractivity contribution in [1.29, 1.82) is 0 Å². The van der Waals surface area contributed by atoms with Crippen molar-refractivity contribution in [2.75, 3.05) is 5.33 Å². The minimum Gasteiger partial charge on any atom is -0.462 e. The summed E-state index contributed by atoms with van der Waals surface area (Å²) in [6.45, 7) is 4.38. The molecule has 0 aromatic heterocycles. The Bertz CT molecular complexity index is 244. The third kappa shape index (κ3) is 14.9. The number of esters is 1. The van der Waals surface area contributed by atoms with Crippen molar-refractivity contribution >= 4 is 21.9 Å². The molecule has 0 saturated heterocycles. The van der Waals surface area contributed by atoms with Gasteiger partial charge in [0.15, 0.2) is 0 Å². The summed E-state index contributed by atoms with van der Waals surface area (Å²) in [5, 5.41) is 1.03. The largest absolute Gasteiger partial charge is 0.462 e. The normalized spacial score (nSPS) is 12.3. The Balaban J connectivity index is 3.51. The molecular weight excluding hydrogens is 340 g/mol. The summed E-state index contributed by atoms with van der Waals surface area (Å²) < 4.78 is 5.59. The van der Waals surface area contributed by atoms with E-state index in [1.54, 1.807) is 0 Å². The fourth-order valence-corrected chi connectivity index (χ4v) is 3.03. The second-order valence-electron chi connectivity index (χ2n) is 6.28. The van der Waals surface area contributed by atoms with Gasteiger partial charge in [0.2, 0.25) is 0 Å². The van der Waals surface area contributed by atoms with E-state index in [1.165, 1.54) is 51.4 Å². The zero-order valence-corrected chi connectivity index (χ0v) is 16.5. The molecule has 0 bridgehead atoms. The van der Waals surface area contributed by atoms with Crippen LogP contribution < -0.4 is 0 Å². The van der Waals surface area contributed by atoms with Gasteiger partial charge in [-0.05, 0) is 32.1 Å². The second-order valence-corrected chi connectivity index (χ2v) is 7.08. The van der Waals surface area contributed by atoms with Gasteiger partial charge in [0.25, 0.3) is 0 Å². The van der Waals surface area contributed by atoms with Gasteiger partial charge in [0.05, 0.1) is 0 Å². The van der Waals surface area contributed by atoms with E-state index in [9.17, 15) is 4.79 Å². The van der Waals surface area contributed by atoms with Gasteiger partial charge in [-0.1, -0.05) is 81.1 Å². The maximum Gasteiger partial charge on any atom is 0.306 e. The van der Waals surface area contributed by atoms with Crippen molar-refractivity contribution in [3.8, 4) is 0 Å². The Kier molecular flexibility index (Phi) is 17.3. The fraction of sp³-hybridized carbons (Fsp3) is 0.947. The molecule has 1 unspecified atom stereocenters. The summed E-state index contributed by atoms with van der Waals surface area (Å²) in [7, 11) is 0. The molecular formula is C19H37BrO2. The molecule has 0 aliphatic rings. The van der Waals surface area contributed by atoms with E-state index < -0.39 is 0 Å². The van der Waals surface area contributed by atoms with Gasteiger partial charge in [0, 0.05) is 11.8 Å². The van der Waals surface area contributed by atoms with Gasteiger partial charge in [0.1, 0.15) is 6.10 Å². The zero-order chi connectivity index (χ0) is 16.5. The highest BCUT2D eigenvalue weighted by molar-refractivity contribution is 9.09. The lowest BCUT2D eigenvalue weighted by atomic mass is 10.0. The van der Waals surface area contributed by atoms with E-state index in [2.05, 4.69) is 29.8 Å². The zero-order valence-electron chi connectivity index (χ0n) is 14.9. The van der Waals surface area contributed by atoms with Gasteiger partial charge in [-0.2, -0.15) is 0 Å². The number of halogens is 1. The molecule has 0 heterocycles. The average molecular weight is 377 g/mol. The molecule has 0 aliphatic carbocycles. The summed E-state index contributed by atoms with van der Waals surface area (Å²) in [6.07, 6.45) is 16.6. The topological polar surface area (TPSA) is 26.3 Å². The molecule has 0 spiro atoms. The lowest BCUT2D eigenvalue weighted by Gasteiger charge is -2.16. The van der Waals surface area contributed by atoms with E-state index in [0.29, 0.717) is 6.42 Å². The summed E-state index contributed by atoms with van der Waals surface area (Å²) in [5.74, 6) is 0.000915. The maximum absolute atomic E-state index is 11.8. The number of hydrogen-bond donors (Lipinski definition) is 0. The molecule has 0 aromatic rings. The van der Waals surface area contributed by atoms with Crippen LogP contribution in [0.15, 0.2) is 0 Å². The van der Waals surface area contributed by atoms with Crippen molar-refractivity contribution in [1.82, 2.24) is 0 Å². The molecule has 0 saturated carbocycles. The van der Waals surface area contributed by atoms with E-state index >= 15 is 0 Å². The second kappa shape index (κ2) is 17.3. The maximum atomic E-state index is 11.8. The van der Waals surface area contributed by atoms with Crippen molar-refractivity contribution in [3.05, 3.63) is 0 Å².